The molecule has 1 heterocycles. The third-order valence-electron chi connectivity index (χ3n) is 1.99. The van der Waals surface area contributed by atoms with Crippen molar-refractivity contribution in [3.8, 4) is 0 Å². The zero-order valence-electron chi connectivity index (χ0n) is 7.95. The van der Waals surface area contributed by atoms with E-state index in [0.29, 0.717) is 6.42 Å². The van der Waals surface area contributed by atoms with E-state index in [9.17, 15) is 0 Å². The molecule has 72 valence electrons. The summed E-state index contributed by atoms with van der Waals surface area (Å²) in [6, 6.07) is 1.99. The second-order valence-corrected chi connectivity index (χ2v) is 3.18. The summed E-state index contributed by atoms with van der Waals surface area (Å²) in [4.78, 5) is 0. The number of rotatable bonds is 5. The van der Waals surface area contributed by atoms with E-state index in [4.69, 9.17) is 11.1 Å². The smallest absolute Gasteiger partial charge is 0.0905 e. The highest BCUT2D eigenvalue weighted by molar-refractivity contribution is 5.76. The molecule has 4 nitrogen and oxygen atoms in total. The molecule has 1 aromatic rings. The van der Waals surface area contributed by atoms with E-state index in [2.05, 4.69) is 5.10 Å². The van der Waals surface area contributed by atoms with Gasteiger partial charge in [0.1, 0.15) is 0 Å². The SMILES string of the molecule is Cc1ccnn1CCCCC(=N)N. The zero-order valence-corrected chi connectivity index (χ0v) is 7.95. The molecule has 13 heavy (non-hydrogen) atoms. The fourth-order valence-electron chi connectivity index (χ4n) is 1.21. The minimum atomic E-state index is 0.275. The Hall–Kier alpha value is -1.32. The van der Waals surface area contributed by atoms with Crippen LogP contribution in [-0.2, 0) is 6.54 Å². The van der Waals surface area contributed by atoms with Crippen molar-refractivity contribution in [3.05, 3.63) is 18.0 Å². The molecule has 1 aromatic heterocycles. The predicted octanol–water partition coefficient (Wildman–Crippen LogP) is 1.30. The first-order valence-electron chi connectivity index (χ1n) is 4.51. The van der Waals surface area contributed by atoms with Crippen LogP contribution in [-0.4, -0.2) is 15.6 Å². The van der Waals surface area contributed by atoms with Gasteiger partial charge in [0, 0.05) is 24.9 Å². The van der Waals surface area contributed by atoms with Crippen LogP contribution in [0.15, 0.2) is 12.3 Å². The molecular formula is C9H16N4. The van der Waals surface area contributed by atoms with E-state index in [0.717, 1.165) is 19.4 Å². The standard InChI is InChI=1S/C9H16N4/c1-8-5-6-12-13(8)7-3-2-4-9(10)11/h5-6H,2-4,7H2,1H3,(H3,10,11). The quantitative estimate of drug-likeness (QED) is 0.407. The number of amidine groups is 1. The first-order chi connectivity index (χ1) is 6.20. The third kappa shape index (κ3) is 3.27. The van der Waals surface area contributed by atoms with Gasteiger partial charge in [-0.1, -0.05) is 0 Å². The topological polar surface area (TPSA) is 67.7 Å². The Morgan fingerprint density at radius 2 is 2.38 bits per heavy atom. The highest BCUT2D eigenvalue weighted by Gasteiger charge is 1.96. The number of unbranched alkanes of at least 4 members (excludes halogenated alkanes) is 1. The Bertz CT molecular complexity index is 277. The van der Waals surface area contributed by atoms with Gasteiger partial charge in [0.25, 0.3) is 0 Å². The Morgan fingerprint density at radius 3 is 2.92 bits per heavy atom. The number of nitrogens with zero attached hydrogens (tertiary/aromatic N) is 2. The molecule has 0 aliphatic carbocycles. The predicted molar refractivity (Wildman–Crippen MR) is 52.7 cm³/mol. The van der Waals surface area contributed by atoms with Crippen LogP contribution in [0.5, 0.6) is 0 Å². The maximum Gasteiger partial charge on any atom is 0.0905 e. The van der Waals surface area contributed by atoms with Crippen LogP contribution in [0.25, 0.3) is 0 Å². The van der Waals surface area contributed by atoms with Crippen molar-refractivity contribution in [2.45, 2.75) is 32.7 Å². The van der Waals surface area contributed by atoms with Crippen LogP contribution in [0.1, 0.15) is 25.0 Å². The summed E-state index contributed by atoms with van der Waals surface area (Å²) >= 11 is 0. The lowest BCUT2D eigenvalue weighted by Crippen LogP contribution is -2.09. The minimum Gasteiger partial charge on any atom is -0.388 e. The fraction of sp³-hybridized carbons (Fsp3) is 0.556. The van der Waals surface area contributed by atoms with Gasteiger partial charge in [0.2, 0.25) is 0 Å². The molecule has 4 heteroatoms. The Kier molecular flexibility index (Phi) is 3.49. The lowest BCUT2D eigenvalue weighted by Gasteiger charge is -2.03. The Morgan fingerprint density at radius 1 is 1.62 bits per heavy atom. The number of hydrogen-bond donors (Lipinski definition) is 2. The maximum atomic E-state index is 7.04. The van der Waals surface area contributed by atoms with Crippen molar-refractivity contribution in [3.63, 3.8) is 0 Å². The summed E-state index contributed by atoms with van der Waals surface area (Å²) < 4.78 is 1.97. The van der Waals surface area contributed by atoms with Gasteiger partial charge in [-0.05, 0) is 25.8 Å². The maximum absolute atomic E-state index is 7.04. The van der Waals surface area contributed by atoms with Gasteiger partial charge in [-0.15, -0.1) is 0 Å². The summed E-state index contributed by atoms with van der Waals surface area (Å²) in [5.41, 5.74) is 6.43. The summed E-state index contributed by atoms with van der Waals surface area (Å²) in [6.07, 6.45) is 4.50. The lowest BCUT2D eigenvalue weighted by molar-refractivity contribution is 0.551. The molecule has 1 rings (SSSR count). The fourth-order valence-corrected chi connectivity index (χ4v) is 1.21. The molecule has 0 bridgehead atoms. The molecule has 0 aliphatic rings. The van der Waals surface area contributed by atoms with Gasteiger partial charge in [0.05, 0.1) is 5.84 Å². The van der Waals surface area contributed by atoms with Crippen molar-refractivity contribution >= 4 is 5.84 Å². The highest BCUT2D eigenvalue weighted by atomic mass is 15.3. The van der Waals surface area contributed by atoms with Gasteiger partial charge in [-0.25, -0.2) is 0 Å². The van der Waals surface area contributed by atoms with Crippen LogP contribution >= 0.6 is 0 Å². The number of nitrogens with two attached hydrogens (primary N) is 1. The second-order valence-electron chi connectivity index (χ2n) is 3.18. The number of aromatic nitrogens is 2. The number of aryl methyl sites for hydroxylation is 2. The van der Waals surface area contributed by atoms with Crippen LogP contribution in [0.4, 0.5) is 0 Å². The normalized spacial score (nSPS) is 10.2. The molecule has 0 unspecified atom stereocenters. The molecule has 0 aliphatic heterocycles. The molecular weight excluding hydrogens is 164 g/mol. The molecule has 0 aromatic carbocycles. The Labute approximate surface area is 78.3 Å². The van der Waals surface area contributed by atoms with Crippen LogP contribution in [0, 0.1) is 12.3 Å². The monoisotopic (exact) mass is 180 g/mol. The Balaban J connectivity index is 2.20. The first-order valence-corrected chi connectivity index (χ1v) is 4.51. The summed E-state index contributed by atoms with van der Waals surface area (Å²) in [5, 5.41) is 11.2. The first kappa shape index (κ1) is 9.77. The van der Waals surface area contributed by atoms with Crippen molar-refractivity contribution in [2.75, 3.05) is 0 Å². The van der Waals surface area contributed by atoms with E-state index in [1.807, 2.05) is 17.7 Å². The van der Waals surface area contributed by atoms with Gasteiger partial charge in [0.15, 0.2) is 0 Å². The molecule has 3 N–H and O–H groups in total. The average molecular weight is 180 g/mol. The van der Waals surface area contributed by atoms with Crippen LogP contribution in [0.3, 0.4) is 0 Å². The number of nitrogens with one attached hydrogen (secondary N) is 1. The molecule has 0 radical (unpaired) electrons. The summed E-state index contributed by atoms with van der Waals surface area (Å²) in [5.74, 6) is 0.275. The largest absolute Gasteiger partial charge is 0.388 e. The lowest BCUT2D eigenvalue weighted by atomic mass is 10.2. The van der Waals surface area contributed by atoms with Gasteiger partial charge < -0.3 is 5.73 Å². The van der Waals surface area contributed by atoms with Crippen molar-refractivity contribution in [1.82, 2.24) is 9.78 Å². The van der Waals surface area contributed by atoms with Gasteiger partial charge >= 0.3 is 0 Å². The summed E-state index contributed by atoms with van der Waals surface area (Å²) in [6.45, 7) is 2.96. The molecule has 0 saturated heterocycles. The second kappa shape index (κ2) is 4.64. The molecule has 0 fully saturated rings. The van der Waals surface area contributed by atoms with E-state index in [1.54, 1.807) is 6.20 Å². The van der Waals surface area contributed by atoms with Crippen molar-refractivity contribution in [2.24, 2.45) is 5.73 Å². The number of hydrogen-bond acceptors (Lipinski definition) is 2. The van der Waals surface area contributed by atoms with Crippen LogP contribution in [0.2, 0.25) is 0 Å². The zero-order chi connectivity index (χ0) is 9.68. The van der Waals surface area contributed by atoms with Gasteiger partial charge in [-0.2, -0.15) is 5.10 Å². The van der Waals surface area contributed by atoms with E-state index in [-0.39, 0.29) is 5.84 Å². The summed E-state index contributed by atoms with van der Waals surface area (Å²) in [7, 11) is 0. The molecule has 0 atom stereocenters. The third-order valence-corrected chi connectivity index (χ3v) is 1.99. The molecule has 0 saturated carbocycles. The van der Waals surface area contributed by atoms with E-state index in [1.165, 1.54) is 5.69 Å². The molecule has 0 amide bonds. The molecule has 0 spiro atoms. The average Bonchev–Trinajstić information content (AvgIpc) is 2.45. The van der Waals surface area contributed by atoms with Crippen molar-refractivity contribution < 1.29 is 0 Å². The van der Waals surface area contributed by atoms with Crippen LogP contribution < -0.4 is 5.73 Å². The van der Waals surface area contributed by atoms with Crippen molar-refractivity contribution in [1.29, 1.82) is 5.41 Å². The van der Waals surface area contributed by atoms with E-state index < -0.39 is 0 Å². The minimum absolute atomic E-state index is 0.275. The van der Waals surface area contributed by atoms with Gasteiger partial charge in [-0.3, -0.25) is 10.1 Å². The van der Waals surface area contributed by atoms with E-state index >= 15 is 0 Å². The highest BCUT2D eigenvalue weighted by Crippen LogP contribution is 2.01.